The highest BCUT2D eigenvalue weighted by Crippen LogP contribution is 2.25. The van der Waals surface area contributed by atoms with Crippen LogP contribution in [0.4, 0.5) is 0 Å². The number of hydrogen-bond donors (Lipinski definition) is 1. The molecule has 0 saturated carbocycles. The van der Waals surface area contributed by atoms with Gasteiger partial charge in [0.25, 0.3) is 5.78 Å². The van der Waals surface area contributed by atoms with Gasteiger partial charge in [-0.15, -0.1) is 0 Å². The lowest BCUT2D eigenvalue weighted by molar-refractivity contribution is 0.415. The van der Waals surface area contributed by atoms with Gasteiger partial charge in [0.15, 0.2) is 0 Å². The smallest absolute Gasteiger partial charge is 0.253 e. The third kappa shape index (κ3) is 2.81. The number of aromatic nitrogens is 5. The predicted octanol–water partition coefficient (Wildman–Crippen LogP) is 2.24. The molecule has 0 aliphatic rings. The van der Waals surface area contributed by atoms with E-state index in [9.17, 15) is 0 Å². The van der Waals surface area contributed by atoms with Crippen molar-refractivity contribution >= 4 is 5.78 Å². The molecule has 124 valence electrons. The van der Waals surface area contributed by atoms with Crippen molar-refractivity contribution in [1.29, 1.82) is 0 Å². The lowest BCUT2D eigenvalue weighted by atomic mass is 10.1. The number of benzene rings is 1. The molecule has 1 atom stereocenters. The Bertz CT molecular complexity index is 997. The van der Waals surface area contributed by atoms with Crippen LogP contribution in [-0.2, 0) is 0 Å². The van der Waals surface area contributed by atoms with Gasteiger partial charge in [-0.3, -0.25) is 4.98 Å². The first kappa shape index (κ1) is 15.2. The van der Waals surface area contributed by atoms with E-state index in [1.165, 1.54) is 6.33 Å². The van der Waals surface area contributed by atoms with Crippen LogP contribution in [0, 0.1) is 0 Å². The molecule has 0 bridgehead atoms. The fraction of sp³-hybridized carbons (Fsp3) is 0.111. The number of methoxy groups -OCH3 is 1. The molecule has 1 aromatic carbocycles. The Labute approximate surface area is 144 Å². The summed E-state index contributed by atoms with van der Waals surface area (Å²) in [7, 11) is 1.64. The van der Waals surface area contributed by atoms with Crippen LogP contribution in [0.1, 0.15) is 17.4 Å². The SMILES string of the molecule is COc1ccc(-c2cc(C(N)c3ccccn3)n3ncnc3n2)cc1. The highest BCUT2D eigenvalue weighted by Gasteiger charge is 2.17. The number of nitrogens with two attached hydrogens (primary N) is 1. The number of nitrogens with zero attached hydrogens (tertiary/aromatic N) is 5. The van der Waals surface area contributed by atoms with Gasteiger partial charge in [0.05, 0.1) is 30.2 Å². The first-order valence-corrected chi connectivity index (χ1v) is 7.78. The molecule has 25 heavy (non-hydrogen) atoms. The monoisotopic (exact) mass is 332 g/mol. The minimum Gasteiger partial charge on any atom is -0.497 e. The Morgan fingerprint density at radius 2 is 1.92 bits per heavy atom. The highest BCUT2D eigenvalue weighted by molar-refractivity contribution is 5.62. The molecule has 7 heteroatoms. The van der Waals surface area contributed by atoms with E-state index in [2.05, 4.69) is 20.1 Å². The maximum atomic E-state index is 6.44. The summed E-state index contributed by atoms with van der Waals surface area (Å²) in [5.74, 6) is 1.28. The van der Waals surface area contributed by atoms with Crippen LogP contribution < -0.4 is 10.5 Å². The Hall–Kier alpha value is -3.32. The minimum atomic E-state index is -0.439. The third-order valence-corrected chi connectivity index (χ3v) is 3.99. The van der Waals surface area contributed by atoms with Crippen LogP contribution in [0.3, 0.4) is 0 Å². The van der Waals surface area contributed by atoms with Gasteiger partial charge in [0.1, 0.15) is 12.1 Å². The zero-order valence-electron chi connectivity index (χ0n) is 13.6. The number of fused-ring (bicyclic) bond motifs is 1. The van der Waals surface area contributed by atoms with Crippen LogP contribution in [-0.4, -0.2) is 31.7 Å². The summed E-state index contributed by atoms with van der Waals surface area (Å²) in [6.45, 7) is 0. The van der Waals surface area contributed by atoms with Crippen LogP contribution in [0.5, 0.6) is 5.75 Å². The molecule has 2 N–H and O–H groups in total. The van der Waals surface area contributed by atoms with Crippen LogP contribution in [0.25, 0.3) is 17.0 Å². The summed E-state index contributed by atoms with van der Waals surface area (Å²) in [5, 5.41) is 4.24. The molecule has 0 aliphatic carbocycles. The van der Waals surface area contributed by atoms with E-state index in [0.29, 0.717) is 5.78 Å². The zero-order valence-corrected chi connectivity index (χ0v) is 13.6. The Morgan fingerprint density at radius 3 is 2.64 bits per heavy atom. The van der Waals surface area contributed by atoms with Crippen LogP contribution >= 0.6 is 0 Å². The molecule has 7 nitrogen and oxygen atoms in total. The second kappa shape index (κ2) is 6.29. The lowest BCUT2D eigenvalue weighted by Gasteiger charge is -2.14. The number of ether oxygens (including phenoxy) is 1. The molecule has 0 saturated heterocycles. The van der Waals surface area contributed by atoms with Gasteiger partial charge in [-0.25, -0.2) is 4.98 Å². The molecule has 0 radical (unpaired) electrons. The second-order valence-electron chi connectivity index (χ2n) is 5.50. The van der Waals surface area contributed by atoms with E-state index in [4.69, 9.17) is 10.5 Å². The van der Waals surface area contributed by atoms with Gasteiger partial charge < -0.3 is 10.5 Å². The van der Waals surface area contributed by atoms with Gasteiger partial charge in [0, 0.05) is 11.8 Å². The number of hydrogen-bond acceptors (Lipinski definition) is 6. The average Bonchev–Trinajstić information content (AvgIpc) is 3.16. The topological polar surface area (TPSA) is 91.2 Å². The molecule has 0 spiro atoms. The molecule has 4 aromatic rings. The van der Waals surface area contributed by atoms with Crippen LogP contribution in [0.15, 0.2) is 61.1 Å². The van der Waals surface area contributed by atoms with Crippen molar-refractivity contribution in [1.82, 2.24) is 24.6 Å². The minimum absolute atomic E-state index is 0.439. The van der Waals surface area contributed by atoms with Crippen LogP contribution in [0.2, 0.25) is 0 Å². The molecule has 3 aromatic heterocycles. The fourth-order valence-corrected chi connectivity index (χ4v) is 2.68. The van der Waals surface area contributed by atoms with Gasteiger partial charge >= 0.3 is 0 Å². The van der Waals surface area contributed by atoms with Crippen molar-refractivity contribution in [2.75, 3.05) is 7.11 Å². The maximum absolute atomic E-state index is 6.44. The Balaban J connectivity index is 1.84. The van der Waals surface area contributed by atoms with E-state index >= 15 is 0 Å². The van der Waals surface area contributed by atoms with Crippen molar-refractivity contribution in [3.8, 4) is 17.0 Å². The molecular weight excluding hydrogens is 316 g/mol. The molecule has 1 unspecified atom stereocenters. The van der Waals surface area contributed by atoms with Gasteiger partial charge in [0.2, 0.25) is 0 Å². The van der Waals surface area contributed by atoms with Crippen molar-refractivity contribution in [3.63, 3.8) is 0 Å². The molecular formula is C18H16N6O. The average molecular weight is 332 g/mol. The molecule has 0 fully saturated rings. The first-order chi connectivity index (χ1) is 12.3. The van der Waals surface area contributed by atoms with Crippen molar-refractivity contribution in [3.05, 3.63) is 72.4 Å². The largest absolute Gasteiger partial charge is 0.497 e. The lowest BCUT2D eigenvalue weighted by Crippen LogP contribution is -2.18. The summed E-state index contributed by atoms with van der Waals surface area (Å²) in [6, 6.07) is 14.8. The van der Waals surface area contributed by atoms with E-state index in [-0.39, 0.29) is 0 Å². The number of rotatable bonds is 4. The van der Waals surface area contributed by atoms with E-state index < -0.39 is 6.04 Å². The van der Waals surface area contributed by atoms with Crippen molar-refractivity contribution < 1.29 is 4.74 Å². The third-order valence-electron chi connectivity index (χ3n) is 3.99. The molecule has 3 heterocycles. The normalized spacial score (nSPS) is 12.2. The van der Waals surface area contributed by atoms with E-state index in [0.717, 1.165) is 28.4 Å². The van der Waals surface area contributed by atoms with E-state index in [1.54, 1.807) is 17.8 Å². The molecule has 0 aliphatic heterocycles. The van der Waals surface area contributed by atoms with Crippen molar-refractivity contribution in [2.45, 2.75) is 6.04 Å². The van der Waals surface area contributed by atoms with Crippen molar-refractivity contribution in [2.24, 2.45) is 5.73 Å². The molecule has 4 rings (SSSR count). The van der Waals surface area contributed by atoms with Gasteiger partial charge in [-0.2, -0.15) is 14.6 Å². The fourth-order valence-electron chi connectivity index (χ4n) is 2.68. The molecule has 0 amide bonds. The predicted molar refractivity (Wildman–Crippen MR) is 93.0 cm³/mol. The summed E-state index contributed by atoms with van der Waals surface area (Å²) in [5.41, 5.74) is 9.67. The Morgan fingerprint density at radius 1 is 1.08 bits per heavy atom. The standard InChI is InChI=1S/C18H16N6O/c1-25-13-7-5-12(6-8-13)15-10-16(24-18(23-15)21-11-22-24)17(19)14-4-2-3-9-20-14/h2-11,17H,19H2,1H3. The quantitative estimate of drug-likeness (QED) is 0.616. The van der Waals surface area contributed by atoms with E-state index in [1.807, 2.05) is 48.5 Å². The zero-order chi connectivity index (χ0) is 17.2. The number of pyridine rings is 1. The second-order valence-corrected chi connectivity index (χ2v) is 5.50. The van der Waals surface area contributed by atoms with Gasteiger partial charge in [-0.05, 0) is 42.5 Å². The first-order valence-electron chi connectivity index (χ1n) is 7.78. The summed E-state index contributed by atoms with van der Waals surface area (Å²) in [6.07, 6.45) is 3.19. The Kier molecular flexibility index (Phi) is 3.83. The summed E-state index contributed by atoms with van der Waals surface area (Å²) in [4.78, 5) is 13.1. The maximum Gasteiger partial charge on any atom is 0.253 e. The summed E-state index contributed by atoms with van der Waals surface area (Å²) >= 11 is 0. The summed E-state index contributed by atoms with van der Waals surface area (Å²) < 4.78 is 6.85. The highest BCUT2D eigenvalue weighted by atomic mass is 16.5. The van der Waals surface area contributed by atoms with Gasteiger partial charge in [-0.1, -0.05) is 6.07 Å².